The topological polar surface area (TPSA) is 18.5 Å². The normalized spacial score (nSPS) is 16.0. The lowest BCUT2D eigenvalue weighted by molar-refractivity contribution is 0.185. The minimum Gasteiger partial charge on any atom is -0.365 e. The molecule has 0 aromatic carbocycles. The van der Waals surface area contributed by atoms with Gasteiger partial charge < -0.3 is 9.47 Å². The van der Waals surface area contributed by atoms with Gasteiger partial charge in [-0.1, -0.05) is 44.8 Å². The Labute approximate surface area is 91.0 Å². The molecule has 0 aromatic heterocycles. The second kappa shape index (κ2) is 8.78. The molecule has 0 bridgehead atoms. The average molecular weight is 251 g/mol. The van der Waals surface area contributed by atoms with Crippen LogP contribution in [0.1, 0.15) is 0 Å². The summed E-state index contributed by atoms with van der Waals surface area (Å²) in [4.78, 5) is 0. The highest BCUT2D eigenvalue weighted by atomic mass is 35.5. The predicted molar refractivity (Wildman–Crippen MR) is 58.2 cm³/mol. The van der Waals surface area contributed by atoms with E-state index in [2.05, 4.69) is 0 Å². The molecule has 12 heavy (non-hydrogen) atoms. The second-order valence-electron chi connectivity index (χ2n) is 1.86. The van der Waals surface area contributed by atoms with Crippen LogP contribution < -0.4 is 0 Å². The quantitative estimate of drug-likeness (QED) is 0.393. The molecule has 0 rings (SSSR count). The van der Waals surface area contributed by atoms with Gasteiger partial charge in [-0.05, 0) is 0 Å². The molecule has 0 N–H and O–H groups in total. The van der Waals surface area contributed by atoms with E-state index in [0.29, 0.717) is 0 Å². The lowest BCUT2D eigenvalue weighted by Crippen LogP contribution is -2.05. The van der Waals surface area contributed by atoms with E-state index in [9.17, 15) is 0 Å². The van der Waals surface area contributed by atoms with Gasteiger partial charge in [-0.3, -0.25) is 0 Å². The molecule has 0 aliphatic heterocycles. The monoisotopic (exact) mass is 250 g/mol. The van der Waals surface area contributed by atoms with Crippen LogP contribution in [0.2, 0.25) is 0 Å². The van der Waals surface area contributed by atoms with E-state index in [1.54, 1.807) is 35.8 Å². The van der Waals surface area contributed by atoms with Gasteiger partial charge in [0.15, 0.2) is 0 Å². The van der Waals surface area contributed by atoms with Crippen LogP contribution in [0, 0.1) is 0 Å². The molecule has 0 radical (unpaired) electrons. The van der Waals surface area contributed by atoms with Gasteiger partial charge in [0.25, 0.3) is 0 Å². The molecule has 0 spiro atoms. The van der Waals surface area contributed by atoms with Crippen molar-refractivity contribution in [2.24, 2.45) is 0 Å². The maximum Gasteiger partial charge on any atom is 0.140 e. The molecule has 0 aliphatic rings. The van der Waals surface area contributed by atoms with Crippen LogP contribution in [-0.2, 0) is 9.47 Å². The zero-order valence-corrected chi connectivity index (χ0v) is 10.1. The van der Waals surface area contributed by atoms with Crippen molar-refractivity contribution in [3.8, 4) is 0 Å². The van der Waals surface area contributed by atoms with Gasteiger partial charge in [0, 0.05) is 25.7 Å². The third-order valence-corrected chi connectivity index (χ3v) is 4.38. The van der Waals surface area contributed by atoms with Crippen molar-refractivity contribution in [3.63, 3.8) is 0 Å². The molecule has 6 heteroatoms. The van der Waals surface area contributed by atoms with Gasteiger partial charge in [0.2, 0.25) is 0 Å². The number of ether oxygens (including phenoxy) is 2. The van der Waals surface area contributed by atoms with Crippen molar-refractivity contribution in [1.29, 1.82) is 0 Å². The van der Waals surface area contributed by atoms with Gasteiger partial charge >= 0.3 is 0 Å². The average Bonchev–Trinajstić information content (AvgIpc) is 2.11. The van der Waals surface area contributed by atoms with E-state index in [4.69, 9.17) is 32.7 Å². The number of halogens is 2. The minimum absolute atomic E-state index is 0.223. The first-order valence-corrected chi connectivity index (χ1v) is 6.65. The third-order valence-electron chi connectivity index (χ3n) is 0.993. The third kappa shape index (κ3) is 7.83. The molecule has 0 saturated carbocycles. The summed E-state index contributed by atoms with van der Waals surface area (Å²) in [6.45, 7) is 0. The first-order chi connectivity index (χ1) is 5.70. The molecule has 0 fully saturated rings. The van der Waals surface area contributed by atoms with Gasteiger partial charge in [-0.15, -0.1) is 0 Å². The summed E-state index contributed by atoms with van der Waals surface area (Å²) in [6, 6.07) is 0. The molecule has 74 valence electrons. The highest BCUT2D eigenvalue weighted by Crippen LogP contribution is 2.25. The Morgan fingerprint density at radius 2 is 1.33 bits per heavy atom. The highest BCUT2D eigenvalue weighted by molar-refractivity contribution is 8.76. The minimum atomic E-state index is -0.223. The summed E-state index contributed by atoms with van der Waals surface area (Å²) >= 11 is 11.4. The Morgan fingerprint density at radius 3 is 1.58 bits per heavy atom. The van der Waals surface area contributed by atoms with E-state index >= 15 is 0 Å². The fourth-order valence-corrected chi connectivity index (χ4v) is 3.16. The fourth-order valence-electron chi connectivity index (χ4n) is 0.339. The van der Waals surface area contributed by atoms with Crippen molar-refractivity contribution in [1.82, 2.24) is 0 Å². The zero-order chi connectivity index (χ0) is 9.40. The summed E-state index contributed by atoms with van der Waals surface area (Å²) < 4.78 is 9.70. The van der Waals surface area contributed by atoms with Crippen LogP contribution >= 0.6 is 44.8 Å². The lowest BCUT2D eigenvalue weighted by atomic mass is 10.8. The van der Waals surface area contributed by atoms with Crippen molar-refractivity contribution in [3.05, 3.63) is 0 Å². The molecular weight excluding hydrogens is 239 g/mol. The fraction of sp³-hybridized carbons (Fsp3) is 1.00. The van der Waals surface area contributed by atoms with E-state index in [-0.39, 0.29) is 11.1 Å². The Hall–Kier alpha value is 1.20. The van der Waals surface area contributed by atoms with E-state index in [0.717, 1.165) is 11.5 Å². The van der Waals surface area contributed by atoms with Crippen LogP contribution in [0.25, 0.3) is 0 Å². The first-order valence-electron chi connectivity index (χ1n) is 3.28. The lowest BCUT2D eigenvalue weighted by Gasteiger charge is -2.07. The maximum atomic E-state index is 5.69. The largest absolute Gasteiger partial charge is 0.365 e. The summed E-state index contributed by atoms with van der Waals surface area (Å²) in [5.74, 6) is 1.49. The van der Waals surface area contributed by atoms with E-state index in [1.807, 2.05) is 0 Å². The van der Waals surface area contributed by atoms with Crippen molar-refractivity contribution in [2.75, 3.05) is 25.7 Å². The molecule has 2 atom stereocenters. The van der Waals surface area contributed by atoms with Gasteiger partial charge in [-0.25, -0.2) is 0 Å². The molecule has 0 heterocycles. The molecular formula is C6H12Cl2O2S2. The summed E-state index contributed by atoms with van der Waals surface area (Å²) in [6.07, 6.45) is 0. The maximum absolute atomic E-state index is 5.69. The Kier molecular flexibility index (Phi) is 9.66. The Morgan fingerprint density at radius 1 is 1.00 bits per heavy atom. The number of alkyl halides is 2. The van der Waals surface area contributed by atoms with Crippen molar-refractivity contribution < 1.29 is 9.47 Å². The molecule has 0 saturated heterocycles. The highest BCUT2D eigenvalue weighted by Gasteiger charge is 2.05. The van der Waals surface area contributed by atoms with Crippen LogP contribution in [0.3, 0.4) is 0 Å². The van der Waals surface area contributed by atoms with Crippen molar-refractivity contribution >= 4 is 44.8 Å². The second-order valence-corrected chi connectivity index (χ2v) is 5.39. The van der Waals surface area contributed by atoms with E-state index < -0.39 is 0 Å². The van der Waals surface area contributed by atoms with E-state index in [1.165, 1.54) is 0 Å². The van der Waals surface area contributed by atoms with Crippen LogP contribution in [0.5, 0.6) is 0 Å². The molecule has 0 aromatic rings. The molecule has 2 nitrogen and oxygen atoms in total. The van der Waals surface area contributed by atoms with Gasteiger partial charge in [0.05, 0.1) is 0 Å². The smallest absolute Gasteiger partial charge is 0.140 e. The van der Waals surface area contributed by atoms with Crippen molar-refractivity contribution in [2.45, 2.75) is 11.1 Å². The Balaban J connectivity index is 3.10. The standard InChI is InChI=1S/C6H12Cl2O2S2/c1-9-5(7)3-11-12-4-6(8)10-2/h5-6H,3-4H2,1-2H3. The van der Waals surface area contributed by atoms with Gasteiger partial charge in [-0.2, -0.15) is 0 Å². The van der Waals surface area contributed by atoms with Crippen LogP contribution in [0.4, 0.5) is 0 Å². The summed E-state index contributed by atoms with van der Waals surface area (Å²) in [5.41, 5.74) is -0.447. The number of rotatable bonds is 7. The first kappa shape index (κ1) is 13.2. The zero-order valence-electron chi connectivity index (χ0n) is 6.96. The molecule has 2 unspecified atom stereocenters. The van der Waals surface area contributed by atoms with Crippen LogP contribution in [-0.4, -0.2) is 36.9 Å². The summed E-state index contributed by atoms with van der Waals surface area (Å²) in [5, 5.41) is 0. The van der Waals surface area contributed by atoms with Crippen LogP contribution in [0.15, 0.2) is 0 Å². The molecule has 0 aliphatic carbocycles. The predicted octanol–water partition coefficient (Wildman–Crippen LogP) is 2.79. The number of hydrogen-bond acceptors (Lipinski definition) is 4. The summed E-state index contributed by atoms with van der Waals surface area (Å²) in [7, 11) is 6.42. The SMILES string of the molecule is COC(Cl)CSSCC(Cl)OC. The number of methoxy groups -OCH3 is 2. The molecule has 0 amide bonds. The number of hydrogen-bond donors (Lipinski definition) is 0. The Bertz CT molecular complexity index is 95.5. The van der Waals surface area contributed by atoms with Gasteiger partial charge in [0.1, 0.15) is 11.1 Å².